The molecule has 2 N–H and O–H groups in total. The molecule has 1 unspecified atom stereocenters. The lowest BCUT2D eigenvalue weighted by atomic mass is 10.0. The van der Waals surface area contributed by atoms with Gasteiger partial charge in [0.05, 0.1) is 17.3 Å². The molecular weight excluding hydrogens is 530 g/mol. The molecule has 0 radical (unpaired) electrons. The molecule has 4 aromatic rings. The Morgan fingerprint density at radius 2 is 1.62 bits per heavy atom. The molecule has 0 aliphatic carbocycles. The van der Waals surface area contributed by atoms with E-state index in [0.29, 0.717) is 6.07 Å². The number of aliphatic hydroxyl groups is 1. The lowest BCUT2D eigenvalue weighted by Gasteiger charge is -2.15. The molecule has 39 heavy (non-hydrogen) atoms. The van der Waals surface area contributed by atoms with Gasteiger partial charge in [0.15, 0.2) is 5.69 Å². The number of nitrogens with zero attached hydrogens (tertiary/aromatic N) is 3. The molecule has 0 saturated heterocycles. The van der Waals surface area contributed by atoms with Gasteiger partial charge in [0.1, 0.15) is 17.5 Å². The largest absolute Gasteiger partial charge is 0.573 e. The van der Waals surface area contributed by atoms with Gasteiger partial charge in [-0.1, -0.05) is 30.3 Å². The molecule has 7 nitrogen and oxygen atoms in total. The Bertz CT molecular complexity index is 1560. The van der Waals surface area contributed by atoms with Crippen molar-refractivity contribution in [3.05, 3.63) is 107 Å². The highest BCUT2D eigenvalue weighted by atomic mass is 19.4. The number of alkyl halides is 6. The summed E-state index contributed by atoms with van der Waals surface area (Å²) in [7, 11) is 0. The van der Waals surface area contributed by atoms with E-state index < -0.39 is 41.7 Å². The molecule has 0 fully saturated rings. The molecule has 4 rings (SSSR count). The minimum absolute atomic E-state index is 0.0415. The first kappa shape index (κ1) is 27.2. The van der Waals surface area contributed by atoms with E-state index in [-0.39, 0.29) is 28.1 Å². The minimum Gasteiger partial charge on any atom is -0.406 e. The summed E-state index contributed by atoms with van der Waals surface area (Å²) in [6.07, 6.45) is -11.2. The molecule has 0 saturated carbocycles. The van der Waals surface area contributed by atoms with Gasteiger partial charge in [0, 0.05) is 11.8 Å². The third-order valence-corrected chi connectivity index (χ3v) is 5.32. The van der Waals surface area contributed by atoms with Gasteiger partial charge >= 0.3 is 12.5 Å². The zero-order valence-corrected chi connectivity index (χ0v) is 19.5. The summed E-state index contributed by atoms with van der Waals surface area (Å²) < 4.78 is 82.4. The molecule has 0 spiro atoms. The molecule has 0 bridgehead atoms. The standard InChI is InChI=1S/C26H16F6N4O3/c27-25(28,29)22-13-21(36(35-22)19-8-1-4-15(10-19)14-33)24(38)34-18-7-2-5-16(11-18)23(37)17-6-3-9-20(12-17)39-26(30,31)32/h1-13,23,37H,(H,34,38). The van der Waals surface area contributed by atoms with Crippen LogP contribution in [0.4, 0.5) is 32.0 Å². The fourth-order valence-electron chi connectivity index (χ4n) is 3.64. The SMILES string of the molecule is N#Cc1cccc(-n2nc(C(F)(F)F)cc2C(=O)Nc2cccc(C(O)c3cccc(OC(F)(F)F)c3)c2)c1. The van der Waals surface area contributed by atoms with Gasteiger partial charge < -0.3 is 15.2 Å². The number of ether oxygens (including phenoxy) is 1. The first-order valence-electron chi connectivity index (χ1n) is 11.0. The Kier molecular flexibility index (Phi) is 7.33. The highest BCUT2D eigenvalue weighted by Gasteiger charge is 2.36. The quantitative estimate of drug-likeness (QED) is 0.289. The Morgan fingerprint density at radius 3 is 2.28 bits per heavy atom. The van der Waals surface area contributed by atoms with Crippen molar-refractivity contribution in [1.82, 2.24) is 9.78 Å². The lowest BCUT2D eigenvalue weighted by Crippen LogP contribution is -2.17. The Morgan fingerprint density at radius 1 is 0.949 bits per heavy atom. The van der Waals surface area contributed by atoms with Crippen LogP contribution < -0.4 is 10.1 Å². The average Bonchev–Trinajstić information content (AvgIpc) is 3.34. The molecule has 1 amide bonds. The molecule has 200 valence electrons. The number of rotatable bonds is 6. The number of aromatic nitrogens is 2. The number of hydrogen-bond acceptors (Lipinski definition) is 5. The van der Waals surface area contributed by atoms with Gasteiger partial charge in [-0.25, -0.2) is 4.68 Å². The van der Waals surface area contributed by atoms with Crippen LogP contribution in [0, 0.1) is 11.3 Å². The summed E-state index contributed by atoms with van der Waals surface area (Å²) >= 11 is 0. The highest BCUT2D eigenvalue weighted by molar-refractivity contribution is 6.03. The van der Waals surface area contributed by atoms with E-state index in [1.54, 1.807) is 0 Å². The number of nitriles is 1. The fourth-order valence-corrected chi connectivity index (χ4v) is 3.64. The van der Waals surface area contributed by atoms with E-state index in [9.17, 15) is 36.2 Å². The van der Waals surface area contributed by atoms with E-state index in [0.717, 1.165) is 16.8 Å². The van der Waals surface area contributed by atoms with E-state index in [1.807, 2.05) is 6.07 Å². The number of amides is 1. The number of carbonyl (C=O) groups is 1. The van der Waals surface area contributed by atoms with Crippen LogP contribution in [0.1, 0.15) is 39.0 Å². The smallest absolute Gasteiger partial charge is 0.406 e. The van der Waals surface area contributed by atoms with Gasteiger partial charge in [0.2, 0.25) is 0 Å². The van der Waals surface area contributed by atoms with Crippen molar-refractivity contribution in [1.29, 1.82) is 5.26 Å². The van der Waals surface area contributed by atoms with Gasteiger partial charge in [0.25, 0.3) is 5.91 Å². The maximum Gasteiger partial charge on any atom is 0.573 e. The molecule has 1 heterocycles. The molecule has 0 aliphatic rings. The Labute approximate surface area is 216 Å². The number of anilines is 1. The maximum atomic E-state index is 13.4. The second-order valence-electron chi connectivity index (χ2n) is 8.09. The number of hydrogen-bond donors (Lipinski definition) is 2. The predicted octanol–water partition coefficient (Wildman–Crippen LogP) is 6.00. The van der Waals surface area contributed by atoms with E-state index in [4.69, 9.17) is 5.26 Å². The van der Waals surface area contributed by atoms with Gasteiger partial charge in [-0.05, 0) is 53.6 Å². The Balaban J connectivity index is 1.62. The van der Waals surface area contributed by atoms with Crippen LogP contribution in [0.3, 0.4) is 0 Å². The molecule has 1 atom stereocenters. The molecule has 0 aliphatic heterocycles. The van der Waals surface area contributed by atoms with E-state index >= 15 is 0 Å². The van der Waals surface area contributed by atoms with Crippen LogP contribution in [0.15, 0.2) is 78.9 Å². The number of nitrogens with one attached hydrogen (secondary N) is 1. The second-order valence-corrected chi connectivity index (χ2v) is 8.09. The number of halogens is 6. The van der Waals surface area contributed by atoms with Crippen molar-refractivity contribution < 1.29 is 41.0 Å². The van der Waals surface area contributed by atoms with Gasteiger partial charge in [-0.15, -0.1) is 13.2 Å². The third-order valence-electron chi connectivity index (χ3n) is 5.32. The summed E-state index contributed by atoms with van der Waals surface area (Å²) in [5.41, 5.74) is -1.34. The van der Waals surface area contributed by atoms with E-state index in [2.05, 4.69) is 15.2 Å². The summed E-state index contributed by atoms with van der Waals surface area (Å²) in [6.45, 7) is 0. The summed E-state index contributed by atoms with van der Waals surface area (Å²) in [6, 6.07) is 18.2. The van der Waals surface area contributed by atoms with Crippen molar-refractivity contribution in [2.45, 2.75) is 18.6 Å². The van der Waals surface area contributed by atoms with Crippen molar-refractivity contribution in [3.63, 3.8) is 0 Å². The van der Waals surface area contributed by atoms with Crippen molar-refractivity contribution in [2.24, 2.45) is 0 Å². The maximum absolute atomic E-state index is 13.4. The normalized spacial score (nSPS) is 12.5. The van der Waals surface area contributed by atoms with Crippen LogP contribution in [0.25, 0.3) is 5.69 Å². The highest BCUT2D eigenvalue weighted by Crippen LogP contribution is 2.31. The number of aliphatic hydroxyl groups excluding tert-OH is 1. The van der Waals surface area contributed by atoms with Crippen LogP contribution >= 0.6 is 0 Å². The summed E-state index contributed by atoms with van der Waals surface area (Å²) in [4.78, 5) is 13.0. The summed E-state index contributed by atoms with van der Waals surface area (Å²) in [5.74, 6) is -1.52. The van der Waals surface area contributed by atoms with Crippen molar-refractivity contribution in [2.75, 3.05) is 5.32 Å². The zero-order valence-electron chi connectivity index (χ0n) is 19.5. The summed E-state index contributed by atoms with van der Waals surface area (Å²) in [5, 5.41) is 25.8. The molecule has 13 heteroatoms. The number of benzene rings is 3. The first-order valence-corrected chi connectivity index (χ1v) is 11.0. The van der Waals surface area contributed by atoms with Crippen LogP contribution in [-0.2, 0) is 6.18 Å². The van der Waals surface area contributed by atoms with Crippen LogP contribution in [0.5, 0.6) is 5.75 Å². The Hall–Kier alpha value is -4.83. The third kappa shape index (κ3) is 6.55. The topological polar surface area (TPSA) is 100 Å². The van der Waals surface area contributed by atoms with Crippen molar-refractivity contribution in [3.8, 4) is 17.5 Å². The van der Waals surface area contributed by atoms with Crippen LogP contribution in [0.2, 0.25) is 0 Å². The van der Waals surface area contributed by atoms with Crippen molar-refractivity contribution >= 4 is 11.6 Å². The molecule has 3 aromatic carbocycles. The predicted molar refractivity (Wildman–Crippen MR) is 125 cm³/mol. The first-order chi connectivity index (χ1) is 18.3. The average molecular weight is 546 g/mol. The van der Waals surface area contributed by atoms with E-state index in [1.165, 1.54) is 60.7 Å². The zero-order chi connectivity index (χ0) is 28.4. The monoisotopic (exact) mass is 546 g/mol. The van der Waals surface area contributed by atoms with Gasteiger partial charge in [-0.3, -0.25) is 4.79 Å². The van der Waals surface area contributed by atoms with Gasteiger partial charge in [-0.2, -0.15) is 23.5 Å². The second kappa shape index (κ2) is 10.5. The van der Waals surface area contributed by atoms with Crippen LogP contribution in [-0.4, -0.2) is 27.2 Å². The minimum atomic E-state index is -4.93. The lowest BCUT2D eigenvalue weighted by molar-refractivity contribution is -0.274. The molecular formula is C26H16F6N4O3. The fraction of sp³-hybridized carbons (Fsp3) is 0.115. The molecule has 1 aromatic heterocycles. The number of carbonyl (C=O) groups excluding carboxylic acids is 1.